The van der Waals surface area contributed by atoms with Gasteiger partial charge < -0.3 is 9.88 Å². The number of aryl methyl sites for hydroxylation is 1. The van der Waals surface area contributed by atoms with Gasteiger partial charge in [-0.1, -0.05) is 19.1 Å². The van der Waals surface area contributed by atoms with Crippen LogP contribution in [-0.2, 0) is 11.3 Å². The normalized spacial score (nSPS) is 12.6. The maximum atomic E-state index is 10.5. The van der Waals surface area contributed by atoms with Crippen LogP contribution in [0.3, 0.4) is 0 Å². The van der Waals surface area contributed by atoms with Crippen LogP contribution >= 0.6 is 0 Å². The summed E-state index contributed by atoms with van der Waals surface area (Å²) in [5.74, 6) is 0.917. The first-order valence-corrected chi connectivity index (χ1v) is 5.92. The third-order valence-corrected chi connectivity index (χ3v) is 2.84. The molecule has 0 fully saturated rings. The van der Waals surface area contributed by atoms with E-state index in [1.54, 1.807) is 0 Å². The Hall–Kier alpha value is -1.84. The standard InChI is InChI=1S/C13H17N3O/c1-3-8-16-12-7-5-4-6-11(12)15-13(16)10(2)14-9-17/h4-7,9-10H,3,8H2,1-2H3,(H,14,17)/t10-/m0/s1. The number of rotatable bonds is 5. The molecule has 0 radical (unpaired) electrons. The second-order valence-electron chi connectivity index (χ2n) is 4.12. The number of fused-ring (bicyclic) bond motifs is 1. The van der Waals surface area contributed by atoms with Gasteiger partial charge in [-0.2, -0.15) is 0 Å². The number of carbonyl (C=O) groups excluding carboxylic acids is 1. The lowest BCUT2D eigenvalue weighted by molar-refractivity contribution is -0.110. The molecule has 1 heterocycles. The number of hydrogen-bond donors (Lipinski definition) is 1. The molecule has 1 atom stereocenters. The number of hydrogen-bond acceptors (Lipinski definition) is 2. The number of imidazole rings is 1. The van der Waals surface area contributed by atoms with Crippen molar-refractivity contribution < 1.29 is 4.79 Å². The fourth-order valence-corrected chi connectivity index (χ4v) is 2.06. The smallest absolute Gasteiger partial charge is 0.207 e. The molecule has 0 aliphatic rings. The van der Waals surface area contributed by atoms with Crippen molar-refractivity contribution in [1.29, 1.82) is 0 Å². The van der Waals surface area contributed by atoms with E-state index in [2.05, 4.69) is 27.9 Å². The van der Waals surface area contributed by atoms with Crippen molar-refractivity contribution in [3.05, 3.63) is 30.1 Å². The molecular weight excluding hydrogens is 214 g/mol. The number of carbonyl (C=O) groups is 1. The number of amides is 1. The van der Waals surface area contributed by atoms with Gasteiger partial charge in [0.25, 0.3) is 0 Å². The zero-order valence-corrected chi connectivity index (χ0v) is 10.2. The number of para-hydroxylation sites is 2. The van der Waals surface area contributed by atoms with E-state index in [0.29, 0.717) is 0 Å². The minimum absolute atomic E-state index is 0.0635. The predicted molar refractivity (Wildman–Crippen MR) is 67.6 cm³/mol. The molecule has 2 rings (SSSR count). The molecule has 0 unspecified atom stereocenters. The van der Waals surface area contributed by atoms with E-state index in [1.807, 2.05) is 25.1 Å². The van der Waals surface area contributed by atoms with E-state index in [4.69, 9.17) is 0 Å². The molecule has 1 N–H and O–H groups in total. The number of benzene rings is 1. The Kier molecular flexibility index (Phi) is 3.42. The molecule has 4 heteroatoms. The van der Waals surface area contributed by atoms with Gasteiger partial charge in [0.15, 0.2) is 0 Å². The van der Waals surface area contributed by atoms with Crippen LogP contribution in [0.4, 0.5) is 0 Å². The zero-order chi connectivity index (χ0) is 12.3. The molecule has 1 aromatic carbocycles. The molecule has 0 spiro atoms. The van der Waals surface area contributed by atoms with Gasteiger partial charge in [-0.15, -0.1) is 0 Å². The summed E-state index contributed by atoms with van der Waals surface area (Å²) in [6, 6.07) is 7.99. The Bertz CT molecular complexity index is 518. The quantitative estimate of drug-likeness (QED) is 0.802. The molecular formula is C13H17N3O. The van der Waals surface area contributed by atoms with Crippen molar-refractivity contribution in [2.75, 3.05) is 0 Å². The molecule has 0 aliphatic carbocycles. The first-order chi connectivity index (χ1) is 8.27. The summed E-state index contributed by atoms with van der Waals surface area (Å²) >= 11 is 0. The van der Waals surface area contributed by atoms with Crippen LogP contribution in [0.5, 0.6) is 0 Å². The Morgan fingerprint density at radius 1 is 1.47 bits per heavy atom. The van der Waals surface area contributed by atoms with E-state index < -0.39 is 0 Å². The van der Waals surface area contributed by atoms with Crippen molar-refractivity contribution in [1.82, 2.24) is 14.9 Å². The van der Waals surface area contributed by atoms with Gasteiger partial charge in [0.1, 0.15) is 5.82 Å². The van der Waals surface area contributed by atoms with E-state index in [1.165, 1.54) is 0 Å². The highest BCUT2D eigenvalue weighted by Crippen LogP contribution is 2.20. The van der Waals surface area contributed by atoms with Crippen LogP contribution in [-0.4, -0.2) is 16.0 Å². The molecule has 1 amide bonds. The summed E-state index contributed by atoms with van der Waals surface area (Å²) in [4.78, 5) is 15.1. The highest BCUT2D eigenvalue weighted by Gasteiger charge is 2.14. The highest BCUT2D eigenvalue weighted by atomic mass is 16.1. The van der Waals surface area contributed by atoms with Gasteiger partial charge in [-0.05, 0) is 25.5 Å². The lowest BCUT2D eigenvalue weighted by Crippen LogP contribution is -2.20. The monoisotopic (exact) mass is 231 g/mol. The topological polar surface area (TPSA) is 46.9 Å². The van der Waals surface area contributed by atoms with E-state index in [0.717, 1.165) is 36.2 Å². The third-order valence-electron chi connectivity index (χ3n) is 2.84. The maximum Gasteiger partial charge on any atom is 0.207 e. The SMILES string of the molecule is CCCn1c([C@H](C)NC=O)nc2ccccc21. The second-order valence-corrected chi connectivity index (χ2v) is 4.12. The molecule has 0 saturated carbocycles. The van der Waals surface area contributed by atoms with Crippen LogP contribution in [0.2, 0.25) is 0 Å². The molecule has 17 heavy (non-hydrogen) atoms. The predicted octanol–water partition coefficient (Wildman–Crippen LogP) is 2.25. The molecule has 0 saturated heterocycles. The Morgan fingerprint density at radius 3 is 2.94 bits per heavy atom. The van der Waals surface area contributed by atoms with Gasteiger partial charge in [-0.3, -0.25) is 4.79 Å². The number of nitrogens with one attached hydrogen (secondary N) is 1. The molecule has 4 nitrogen and oxygen atoms in total. The van der Waals surface area contributed by atoms with Crippen molar-refractivity contribution in [2.45, 2.75) is 32.9 Å². The van der Waals surface area contributed by atoms with E-state index in [9.17, 15) is 4.79 Å². The maximum absolute atomic E-state index is 10.5. The second kappa shape index (κ2) is 4.99. The third kappa shape index (κ3) is 2.16. The lowest BCUT2D eigenvalue weighted by Gasteiger charge is -2.13. The van der Waals surface area contributed by atoms with E-state index >= 15 is 0 Å². The van der Waals surface area contributed by atoms with Crippen LogP contribution in [0, 0.1) is 0 Å². The summed E-state index contributed by atoms with van der Waals surface area (Å²) in [7, 11) is 0. The summed E-state index contributed by atoms with van der Waals surface area (Å²) in [6.45, 7) is 5.00. The van der Waals surface area contributed by atoms with Crippen LogP contribution in [0.15, 0.2) is 24.3 Å². The van der Waals surface area contributed by atoms with Crippen LogP contribution in [0.25, 0.3) is 11.0 Å². The van der Waals surface area contributed by atoms with E-state index in [-0.39, 0.29) is 6.04 Å². The largest absolute Gasteiger partial charge is 0.349 e. The summed E-state index contributed by atoms with van der Waals surface area (Å²) in [6.07, 6.45) is 1.77. The van der Waals surface area contributed by atoms with Crippen molar-refractivity contribution in [3.63, 3.8) is 0 Å². The fraction of sp³-hybridized carbons (Fsp3) is 0.385. The average molecular weight is 231 g/mol. The van der Waals surface area contributed by atoms with Gasteiger partial charge in [0, 0.05) is 6.54 Å². The summed E-state index contributed by atoms with van der Waals surface area (Å²) in [5, 5.41) is 2.76. The van der Waals surface area contributed by atoms with Crippen LogP contribution < -0.4 is 5.32 Å². The van der Waals surface area contributed by atoms with Crippen molar-refractivity contribution in [2.24, 2.45) is 0 Å². The molecule has 90 valence electrons. The first kappa shape index (κ1) is 11.6. The van der Waals surface area contributed by atoms with Gasteiger partial charge in [0.2, 0.25) is 6.41 Å². The van der Waals surface area contributed by atoms with Crippen molar-refractivity contribution >= 4 is 17.4 Å². The number of nitrogens with zero attached hydrogens (tertiary/aromatic N) is 2. The average Bonchev–Trinajstić information content (AvgIpc) is 2.70. The summed E-state index contributed by atoms with van der Waals surface area (Å²) in [5.41, 5.74) is 2.11. The van der Waals surface area contributed by atoms with Gasteiger partial charge >= 0.3 is 0 Å². The minimum Gasteiger partial charge on any atom is -0.349 e. The molecule has 0 bridgehead atoms. The number of aromatic nitrogens is 2. The first-order valence-electron chi connectivity index (χ1n) is 5.92. The van der Waals surface area contributed by atoms with Gasteiger partial charge in [0.05, 0.1) is 17.1 Å². The molecule has 0 aliphatic heterocycles. The zero-order valence-electron chi connectivity index (χ0n) is 10.2. The summed E-state index contributed by atoms with van der Waals surface area (Å²) < 4.78 is 2.18. The highest BCUT2D eigenvalue weighted by molar-refractivity contribution is 5.76. The van der Waals surface area contributed by atoms with Gasteiger partial charge in [-0.25, -0.2) is 4.98 Å². The molecule has 1 aromatic heterocycles. The minimum atomic E-state index is -0.0635. The Morgan fingerprint density at radius 2 is 2.24 bits per heavy atom. The Balaban J connectivity index is 2.52. The Labute approximate surface area is 101 Å². The lowest BCUT2D eigenvalue weighted by atomic mass is 10.3. The van der Waals surface area contributed by atoms with Crippen LogP contribution in [0.1, 0.15) is 32.1 Å². The molecule has 2 aromatic rings. The van der Waals surface area contributed by atoms with Crippen molar-refractivity contribution in [3.8, 4) is 0 Å². The fourth-order valence-electron chi connectivity index (χ4n) is 2.06.